The Labute approximate surface area is 123 Å². The number of thioether (sulfide) groups is 1. The van der Waals surface area contributed by atoms with E-state index in [0.717, 1.165) is 18.0 Å². The average molecular weight is 298 g/mol. The molecule has 0 bridgehead atoms. The van der Waals surface area contributed by atoms with Crippen LogP contribution in [0.5, 0.6) is 0 Å². The van der Waals surface area contributed by atoms with Crippen LogP contribution >= 0.6 is 11.8 Å². The molecule has 1 unspecified atom stereocenters. The molecule has 2 rings (SSSR count). The smallest absolute Gasteiger partial charge is 0.321 e. The molecule has 0 aromatic carbocycles. The second-order valence-electron chi connectivity index (χ2n) is 4.97. The predicted molar refractivity (Wildman–Crippen MR) is 77.6 cm³/mol. The molecule has 0 N–H and O–H groups in total. The lowest BCUT2D eigenvalue weighted by Gasteiger charge is -2.24. The lowest BCUT2D eigenvalue weighted by Crippen LogP contribution is -2.36. The van der Waals surface area contributed by atoms with Gasteiger partial charge in [-0.1, -0.05) is 19.0 Å². The van der Waals surface area contributed by atoms with Gasteiger partial charge in [-0.2, -0.15) is 16.7 Å². The van der Waals surface area contributed by atoms with Crippen molar-refractivity contribution in [3.05, 3.63) is 11.7 Å². The van der Waals surface area contributed by atoms with Crippen LogP contribution in [-0.2, 0) is 14.9 Å². The molecule has 1 saturated heterocycles. The Hall–Kier alpha value is -1.04. The molecule has 1 aliphatic rings. The minimum absolute atomic E-state index is 0.265. The second-order valence-corrected chi connectivity index (χ2v) is 6.28. The highest BCUT2D eigenvalue weighted by Crippen LogP contribution is 2.40. The van der Waals surface area contributed by atoms with Crippen molar-refractivity contribution in [2.24, 2.45) is 0 Å². The molecule has 0 spiro atoms. The van der Waals surface area contributed by atoms with Crippen LogP contribution in [0.3, 0.4) is 0 Å². The number of carbonyl (C=O) groups is 1. The molecule has 1 aromatic rings. The molecule has 20 heavy (non-hydrogen) atoms. The van der Waals surface area contributed by atoms with E-state index in [0.29, 0.717) is 30.6 Å². The van der Waals surface area contributed by atoms with Crippen LogP contribution in [0.15, 0.2) is 4.52 Å². The zero-order valence-corrected chi connectivity index (χ0v) is 13.2. The van der Waals surface area contributed by atoms with Gasteiger partial charge >= 0.3 is 5.97 Å². The fraction of sp³-hybridized carbons (Fsp3) is 0.786. The van der Waals surface area contributed by atoms with E-state index in [-0.39, 0.29) is 5.97 Å². The standard InChI is InChI=1S/C14H22N2O3S/c1-4-14(5-2,13(17)18-6-3)12-15-11(16-19-12)10-8-7-9-20-10/h10H,4-9H2,1-3H3. The molecule has 1 atom stereocenters. The van der Waals surface area contributed by atoms with Crippen LogP contribution in [0.25, 0.3) is 0 Å². The van der Waals surface area contributed by atoms with Gasteiger partial charge in [0.2, 0.25) is 5.89 Å². The third kappa shape index (κ3) is 2.71. The molecule has 0 aliphatic carbocycles. The Kier molecular flexibility index (Phi) is 5.07. The van der Waals surface area contributed by atoms with Gasteiger partial charge in [0.1, 0.15) is 5.41 Å². The van der Waals surface area contributed by atoms with Crippen LogP contribution < -0.4 is 0 Å². The number of rotatable bonds is 6. The van der Waals surface area contributed by atoms with Gasteiger partial charge in [0.15, 0.2) is 5.82 Å². The van der Waals surface area contributed by atoms with Crippen molar-refractivity contribution in [1.82, 2.24) is 10.1 Å². The third-order valence-corrected chi connectivity index (χ3v) is 5.32. The van der Waals surface area contributed by atoms with E-state index in [1.807, 2.05) is 32.5 Å². The predicted octanol–water partition coefficient (Wildman–Crippen LogP) is 3.26. The molecule has 0 saturated carbocycles. The summed E-state index contributed by atoms with van der Waals surface area (Å²) in [4.78, 5) is 16.8. The van der Waals surface area contributed by atoms with E-state index in [4.69, 9.17) is 9.26 Å². The maximum Gasteiger partial charge on any atom is 0.321 e. The topological polar surface area (TPSA) is 65.2 Å². The number of hydrogen-bond donors (Lipinski definition) is 0. The van der Waals surface area contributed by atoms with Gasteiger partial charge in [0.05, 0.1) is 11.9 Å². The van der Waals surface area contributed by atoms with Crippen molar-refractivity contribution in [3.8, 4) is 0 Å². The SMILES string of the molecule is CCOC(=O)C(CC)(CC)c1nc(C2CCCS2)no1. The van der Waals surface area contributed by atoms with E-state index in [1.54, 1.807) is 0 Å². The van der Waals surface area contributed by atoms with Gasteiger partial charge in [-0.25, -0.2) is 0 Å². The first-order valence-electron chi connectivity index (χ1n) is 7.30. The van der Waals surface area contributed by atoms with Crippen LogP contribution in [0, 0.1) is 0 Å². The summed E-state index contributed by atoms with van der Waals surface area (Å²) in [5.74, 6) is 2.00. The summed E-state index contributed by atoms with van der Waals surface area (Å²) >= 11 is 1.85. The number of esters is 1. The largest absolute Gasteiger partial charge is 0.465 e. The summed E-state index contributed by atoms with van der Waals surface area (Å²) < 4.78 is 10.6. The van der Waals surface area contributed by atoms with Gasteiger partial charge in [-0.3, -0.25) is 4.79 Å². The van der Waals surface area contributed by atoms with E-state index in [9.17, 15) is 4.79 Å². The highest BCUT2D eigenvalue weighted by Gasteiger charge is 2.44. The van der Waals surface area contributed by atoms with E-state index in [1.165, 1.54) is 6.42 Å². The molecule has 1 aliphatic heterocycles. The second kappa shape index (κ2) is 6.61. The van der Waals surface area contributed by atoms with E-state index >= 15 is 0 Å². The van der Waals surface area contributed by atoms with Crippen molar-refractivity contribution in [2.75, 3.05) is 12.4 Å². The number of carbonyl (C=O) groups excluding carboxylic acids is 1. The van der Waals surface area contributed by atoms with Crippen molar-refractivity contribution in [1.29, 1.82) is 0 Å². The first-order chi connectivity index (χ1) is 9.67. The summed E-state index contributed by atoms with van der Waals surface area (Å²) in [6.07, 6.45) is 3.46. The molecule has 1 aromatic heterocycles. The minimum Gasteiger partial charge on any atom is -0.465 e. The Morgan fingerprint density at radius 2 is 2.20 bits per heavy atom. The zero-order valence-electron chi connectivity index (χ0n) is 12.3. The summed E-state index contributed by atoms with van der Waals surface area (Å²) in [5, 5.41) is 4.39. The Balaban J connectivity index is 2.27. The zero-order chi connectivity index (χ0) is 14.6. The fourth-order valence-electron chi connectivity index (χ4n) is 2.54. The third-order valence-electron chi connectivity index (χ3n) is 3.94. The lowest BCUT2D eigenvalue weighted by atomic mass is 9.82. The molecule has 0 radical (unpaired) electrons. The molecular formula is C14H22N2O3S. The van der Waals surface area contributed by atoms with Crippen LogP contribution in [-0.4, -0.2) is 28.5 Å². The summed E-state index contributed by atoms with van der Waals surface area (Å²) in [5.41, 5.74) is -0.801. The van der Waals surface area contributed by atoms with Crippen molar-refractivity contribution in [3.63, 3.8) is 0 Å². The molecule has 112 valence electrons. The van der Waals surface area contributed by atoms with Crippen LogP contribution in [0.4, 0.5) is 0 Å². The molecule has 2 heterocycles. The van der Waals surface area contributed by atoms with E-state index < -0.39 is 5.41 Å². The van der Waals surface area contributed by atoms with Gasteiger partial charge < -0.3 is 9.26 Å². The summed E-state index contributed by atoms with van der Waals surface area (Å²) in [6, 6.07) is 0. The van der Waals surface area contributed by atoms with Gasteiger partial charge in [-0.15, -0.1) is 0 Å². The molecular weight excluding hydrogens is 276 g/mol. The molecule has 5 nitrogen and oxygen atoms in total. The van der Waals surface area contributed by atoms with Gasteiger partial charge in [0.25, 0.3) is 0 Å². The van der Waals surface area contributed by atoms with Gasteiger partial charge in [-0.05, 0) is 38.4 Å². The highest BCUT2D eigenvalue weighted by molar-refractivity contribution is 7.99. The average Bonchev–Trinajstić information content (AvgIpc) is 3.12. The number of nitrogens with zero attached hydrogens (tertiary/aromatic N) is 2. The van der Waals surface area contributed by atoms with Crippen LogP contribution in [0.2, 0.25) is 0 Å². The summed E-state index contributed by atoms with van der Waals surface area (Å²) in [6.45, 7) is 6.08. The van der Waals surface area contributed by atoms with Crippen molar-refractivity contribution in [2.45, 2.75) is 57.1 Å². The fourth-order valence-corrected chi connectivity index (χ4v) is 3.73. The normalized spacial score (nSPS) is 19.2. The monoisotopic (exact) mass is 298 g/mol. The molecule has 0 amide bonds. The first kappa shape index (κ1) is 15.4. The Morgan fingerprint density at radius 3 is 2.75 bits per heavy atom. The minimum atomic E-state index is -0.801. The number of hydrogen-bond acceptors (Lipinski definition) is 6. The van der Waals surface area contributed by atoms with E-state index in [2.05, 4.69) is 10.1 Å². The maximum atomic E-state index is 12.3. The maximum absolute atomic E-state index is 12.3. The molecule has 1 fully saturated rings. The quantitative estimate of drug-likeness (QED) is 0.751. The van der Waals surface area contributed by atoms with Crippen LogP contribution in [0.1, 0.15) is 63.4 Å². The van der Waals surface area contributed by atoms with Gasteiger partial charge in [0, 0.05) is 0 Å². The lowest BCUT2D eigenvalue weighted by molar-refractivity contribution is -0.151. The van der Waals surface area contributed by atoms with Crippen molar-refractivity contribution >= 4 is 17.7 Å². The van der Waals surface area contributed by atoms with Crippen molar-refractivity contribution < 1.29 is 14.1 Å². The Bertz CT molecular complexity index is 451. The Morgan fingerprint density at radius 1 is 1.45 bits per heavy atom. The first-order valence-corrected chi connectivity index (χ1v) is 8.35. The highest BCUT2D eigenvalue weighted by atomic mass is 32.2. The number of ether oxygens (including phenoxy) is 1. The summed E-state index contributed by atoms with van der Waals surface area (Å²) in [7, 11) is 0. The number of aromatic nitrogens is 2. The molecule has 6 heteroatoms.